The minimum absolute atomic E-state index is 0.000947. The first-order valence-corrected chi connectivity index (χ1v) is 7.03. The lowest BCUT2D eigenvalue weighted by atomic mass is 10.1. The lowest BCUT2D eigenvalue weighted by molar-refractivity contribution is 0.0747. The molecule has 1 unspecified atom stereocenters. The molecular weight excluding hydrogens is 298 g/mol. The third kappa shape index (κ3) is 2.46. The van der Waals surface area contributed by atoms with Gasteiger partial charge in [0.15, 0.2) is 0 Å². The number of phenolic OH excluding ortho intramolecular Hbond substituents is 1. The van der Waals surface area contributed by atoms with Gasteiger partial charge in [-0.3, -0.25) is 4.79 Å². The average Bonchev–Trinajstić information content (AvgIpc) is 2.86. The van der Waals surface area contributed by atoms with Crippen molar-refractivity contribution < 1.29 is 14.6 Å². The molecule has 98 valence electrons. The fraction of sp³-hybridized carbons (Fsp3) is 0.462. The number of alkyl halides is 1. The minimum Gasteiger partial charge on any atom is -0.507 e. The number of hydrogen-bond donors (Lipinski definition) is 1. The fourth-order valence-electron chi connectivity index (χ4n) is 2.23. The molecule has 4 nitrogen and oxygen atoms in total. The highest BCUT2D eigenvalue weighted by atomic mass is 79.9. The molecule has 1 fully saturated rings. The van der Waals surface area contributed by atoms with Crippen LogP contribution in [0.5, 0.6) is 11.5 Å². The molecule has 1 aromatic rings. The Balaban J connectivity index is 2.27. The van der Waals surface area contributed by atoms with E-state index in [0.717, 1.165) is 24.7 Å². The quantitative estimate of drug-likeness (QED) is 0.872. The number of carbonyl (C=O) groups is 1. The summed E-state index contributed by atoms with van der Waals surface area (Å²) in [4.78, 5) is 14.2. The number of nitrogens with zero attached hydrogens (tertiary/aromatic N) is 1. The van der Waals surface area contributed by atoms with E-state index in [4.69, 9.17) is 4.74 Å². The molecule has 0 bridgehead atoms. The van der Waals surface area contributed by atoms with Crippen LogP contribution >= 0.6 is 15.9 Å². The van der Waals surface area contributed by atoms with Crippen LogP contribution < -0.4 is 4.74 Å². The van der Waals surface area contributed by atoms with Gasteiger partial charge in [-0.15, -0.1) is 0 Å². The van der Waals surface area contributed by atoms with Gasteiger partial charge in [-0.2, -0.15) is 0 Å². The Labute approximate surface area is 115 Å². The van der Waals surface area contributed by atoms with Crippen LogP contribution in [0.15, 0.2) is 18.2 Å². The number of aromatic hydroxyl groups is 1. The predicted molar refractivity (Wildman–Crippen MR) is 72.5 cm³/mol. The van der Waals surface area contributed by atoms with Crippen LogP contribution in [0, 0.1) is 0 Å². The SMILES string of the molecule is COc1ccc(O)c(C(=O)N2CCCC2CBr)c1. The van der Waals surface area contributed by atoms with Crippen molar-refractivity contribution in [3.05, 3.63) is 23.8 Å². The fourth-order valence-corrected chi connectivity index (χ4v) is 2.90. The van der Waals surface area contributed by atoms with Crippen LogP contribution in [0.3, 0.4) is 0 Å². The Hall–Kier alpha value is -1.23. The van der Waals surface area contributed by atoms with E-state index in [1.54, 1.807) is 12.1 Å². The van der Waals surface area contributed by atoms with E-state index in [9.17, 15) is 9.90 Å². The van der Waals surface area contributed by atoms with Crippen LogP contribution in [-0.2, 0) is 0 Å². The zero-order valence-electron chi connectivity index (χ0n) is 10.2. The van der Waals surface area contributed by atoms with E-state index in [1.807, 2.05) is 4.90 Å². The number of benzene rings is 1. The molecule has 1 aromatic carbocycles. The molecule has 0 aliphatic carbocycles. The molecule has 18 heavy (non-hydrogen) atoms. The summed E-state index contributed by atoms with van der Waals surface area (Å²) in [5, 5.41) is 10.6. The molecular formula is C13H16BrNO3. The first-order chi connectivity index (χ1) is 8.67. The monoisotopic (exact) mass is 313 g/mol. The Morgan fingerprint density at radius 1 is 1.61 bits per heavy atom. The van der Waals surface area contributed by atoms with Gasteiger partial charge in [-0.25, -0.2) is 0 Å². The highest BCUT2D eigenvalue weighted by molar-refractivity contribution is 9.09. The largest absolute Gasteiger partial charge is 0.507 e. The van der Waals surface area contributed by atoms with Crippen molar-refractivity contribution in [2.24, 2.45) is 0 Å². The number of ether oxygens (including phenoxy) is 1. The summed E-state index contributed by atoms with van der Waals surface area (Å²) in [6.45, 7) is 0.742. The number of likely N-dealkylation sites (tertiary alicyclic amines) is 1. The normalized spacial score (nSPS) is 19.0. The van der Waals surface area contributed by atoms with Gasteiger partial charge in [0.05, 0.1) is 12.7 Å². The summed E-state index contributed by atoms with van der Waals surface area (Å²) in [6.07, 6.45) is 2.01. The van der Waals surface area contributed by atoms with Crippen molar-refractivity contribution in [3.8, 4) is 11.5 Å². The third-order valence-corrected chi connectivity index (χ3v) is 4.00. The zero-order valence-corrected chi connectivity index (χ0v) is 11.8. The Morgan fingerprint density at radius 3 is 3.06 bits per heavy atom. The smallest absolute Gasteiger partial charge is 0.258 e. The first kappa shape index (κ1) is 13.2. The van der Waals surface area contributed by atoms with Crippen molar-refractivity contribution in [3.63, 3.8) is 0 Å². The van der Waals surface area contributed by atoms with Crippen LogP contribution in [0.2, 0.25) is 0 Å². The number of amides is 1. The summed E-state index contributed by atoms with van der Waals surface area (Å²) in [7, 11) is 1.54. The molecule has 1 saturated heterocycles. The molecule has 1 aliphatic heterocycles. The number of phenols is 1. The predicted octanol–water partition coefficient (Wildman–Crippen LogP) is 2.40. The van der Waals surface area contributed by atoms with Crippen molar-refractivity contribution >= 4 is 21.8 Å². The van der Waals surface area contributed by atoms with Gasteiger partial charge in [0, 0.05) is 17.9 Å². The Morgan fingerprint density at radius 2 is 2.39 bits per heavy atom. The van der Waals surface area contributed by atoms with Crippen LogP contribution in [0.1, 0.15) is 23.2 Å². The zero-order chi connectivity index (χ0) is 13.1. The lowest BCUT2D eigenvalue weighted by Gasteiger charge is -2.23. The summed E-state index contributed by atoms with van der Waals surface area (Å²) >= 11 is 3.42. The highest BCUT2D eigenvalue weighted by Crippen LogP contribution is 2.28. The number of halogens is 1. The van der Waals surface area contributed by atoms with E-state index in [-0.39, 0.29) is 17.7 Å². The topological polar surface area (TPSA) is 49.8 Å². The summed E-state index contributed by atoms with van der Waals surface area (Å²) in [6, 6.07) is 4.92. The van der Waals surface area contributed by atoms with E-state index in [0.29, 0.717) is 11.3 Å². The van der Waals surface area contributed by atoms with Crippen molar-refractivity contribution in [1.29, 1.82) is 0 Å². The summed E-state index contributed by atoms with van der Waals surface area (Å²) < 4.78 is 5.08. The van der Waals surface area contributed by atoms with Crippen molar-refractivity contribution in [1.82, 2.24) is 4.90 Å². The first-order valence-electron chi connectivity index (χ1n) is 5.91. The van der Waals surface area contributed by atoms with Gasteiger partial charge in [0.25, 0.3) is 5.91 Å². The second-order valence-electron chi connectivity index (χ2n) is 4.33. The molecule has 1 N–H and O–H groups in total. The highest BCUT2D eigenvalue weighted by Gasteiger charge is 2.29. The maximum absolute atomic E-state index is 12.4. The molecule has 0 aromatic heterocycles. The lowest BCUT2D eigenvalue weighted by Crippen LogP contribution is -2.36. The maximum atomic E-state index is 12.4. The number of methoxy groups -OCH3 is 1. The standard InChI is InChI=1S/C13H16BrNO3/c1-18-10-4-5-12(16)11(7-10)13(17)15-6-2-3-9(15)8-14/h4-5,7,9,16H,2-3,6,8H2,1H3. The number of hydrogen-bond acceptors (Lipinski definition) is 3. The molecule has 5 heteroatoms. The molecule has 1 aliphatic rings. The van der Waals surface area contributed by atoms with Crippen molar-refractivity contribution in [2.75, 3.05) is 19.0 Å². The number of rotatable bonds is 3. The molecule has 1 heterocycles. The van der Waals surface area contributed by atoms with Crippen LogP contribution in [0.25, 0.3) is 0 Å². The van der Waals surface area contributed by atoms with Gasteiger partial charge in [-0.1, -0.05) is 15.9 Å². The second kappa shape index (κ2) is 5.61. The molecule has 0 spiro atoms. The minimum atomic E-state index is -0.131. The molecule has 0 saturated carbocycles. The average molecular weight is 314 g/mol. The van der Waals surface area contributed by atoms with Gasteiger partial charge in [-0.05, 0) is 31.0 Å². The second-order valence-corrected chi connectivity index (χ2v) is 4.98. The van der Waals surface area contributed by atoms with Crippen LogP contribution in [-0.4, -0.2) is 40.9 Å². The Kier molecular flexibility index (Phi) is 4.11. The van der Waals surface area contributed by atoms with E-state index >= 15 is 0 Å². The third-order valence-electron chi connectivity index (χ3n) is 3.25. The van der Waals surface area contributed by atoms with Gasteiger partial charge >= 0.3 is 0 Å². The van der Waals surface area contributed by atoms with Gasteiger partial charge < -0.3 is 14.7 Å². The van der Waals surface area contributed by atoms with Crippen molar-refractivity contribution in [2.45, 2.75) is 18.9 Å². The van der Waals surface area contributed by atoms with E-state index < -0.39 is 0 Å². The molecule has 0 radical (unpaired) electrons. The van der Waals surface area contributed by atoms with Crippen LogP contribution in [0.4, 0.5) is 0 Å². The molecule has 2 rings (SSSR count). The van der Waals surface area contributed by atoms with Gasteiger partial charge in [0.1, 0.15) is 11.5 Å². The molecule has 1 amide bonds. The van der Waals surface area contributed by atoms with E-state index in [2.05, 4.69) is 15.9 Å². The maximum Gasteiger partial charge on any atom is 0.258 e. The summed E-state index contributed by atoms with van der Waals surface area (Å²) in [5.41, 5.74) is 0.308. The Bertz CT molecular complexity index is 450. The molecule has 1 atom stereocenters. The summed E-state index contributed by atoms with van der Waals surface area (Å²) in [5.74, 6) is 0.445. The number of carbonyl (C=O) groups excluding carboxylic acids is 1. The van der Waals surface area contributed by atoms with Gasteiger partial charge in [0.2, 0.25) is 0 Å². The van der Waals surface area contributed by atoms with E-state index in [1.165, 1.54) is 13.2 Å².